The highest BCUT2D eigenvalue weighted by atomic mass is 79.9. The SMILES string of the molecule is C=CCN1C(=O)C(=O)/C(=C(/O)c2ccc(Br)cc2)[C@@H]1c1ccc(Cl)cc1. The lowest BCUT2D eigenvalue weighted by molar-refractivity contribution is -0.139. The van der Waals surface area contributed by atoms with E-state index in [9.17, 15) is 14.7 Å². The number of Topliss-reactive ketones (excluding diaryl/α,β-unsaturated/α-hetero) is 1. The largest absolute Gasteiger partial charge is 0.507 e. The number of benzene rings is 2. The molecule has 1 atom stereocenters. The van der Waals surface area contributed by atoms with Crippen LogP contribution in [0.15, 0.2) is 71.2 Å². The Hall–Kier alpha value is -2.37. The molecule has 1 aliphatic heterocycles. The van der Waals surface area contributed by atoms with Crippen molar-refractivity contribution < 1.29 is 14.7 Å². The fourth-order valence-electron chi connectivity index (χ4n) is 2.96. The lowest BCUT2D eigenvalue weighted by atomic mass is 9.95. The van der Waals surface area contributed by atoms with Crippen LogP contribution in [0.2, 0.25) is 5.02 Å². The minimum absolute atomic E-state index is 0.0569. The molecule has 0 bridgehead atoms. The molecule has 1 amide bonds. The van der Waals surface area contributed by atoms with Gasteiger partial charge in [0.1, 0.15) is 5.76 Å². The van der Waals surface area contributed by atoms with E-state index in [1.54, 1.807) is 54.6 Å². The molecule has 0 aliphatic carbocycles. The number of halogens is 2. The Morgan fingerprint density at radius 2 is 1.77 bits per heavy atom. The molecule has 4 nitrogen and oxygen atoms in total. The van der Waals surface area contributed by atoms with Crippen molar-refractivity contribution in [1.82, 2.24) is 4.90 Å². The Bertz CT molecular complexity index is 904. The van der Waals surface area contributed by atoms with Crippen molar-refractivity contribution in [2.75, 3.05) is 6.54 Å². The highest BCUT2D eigenvalue weighted by Crippen LogP contribution is 2.39. The highest BCUT2D eigenvalue weighted by Gasteiger charge is 2.45. The van der Waals surface area contributed by atoms with Gasteiger partial charge in [0.05, 0.1) is 11.6 Å². The van der Waals surface area contributed by atoms with E-state index < -0.39 is 17.7 Å². The van der Waals surface area contributed by atoms with Crippen LogP contribution in [0.25, 0.3) is 5.76 Å². The van der Waals surface area contributed by atoms with E-state index >= 15 is 0 Å². The first kappa shape index (κ1) is 18.4. The second-order valence-electron chi connectivity index (χ2n) is 5.80. The molecule has 0 unspecified atom stereocenters. The number of aliphatic hydroxyl groups is 1. The van der Waals surface area contributed by atoms with E-state index in [0.29, 0.717) is 16.1 Å². The maximum atomic E-state index is 12.6. The molecule has 1 saturated heterocycles. The molecule has 3 rings (SSSR count). The average Bonchev–Trinajstić information content (AvgIpc) is 2.88. The Labute approximate surface area is 164 Å². The van der Waals surface area contributed by atoms with Crippen LogP contribution in [-0.4, -0.2) is 28.2 Å². The maximum Gasteiger partial charge on any atom is 0.295 e. The summed E-state index contributed by atoms with van der Waals surface area (Å²) in [6, 6.07) is 13.0. The minimum atomic E-state index is -0.716. The van der Waals surface area contributed by atoms with Crippen LogP contribution in [0.5, 0.6) is 0 Å². The third-order valence-corrected chi connectivity index (χ3v) is 4.95. The summed E-state index contributed by atoms with van der Waals surface area (Å²) in [5.41, 5.74) is 1.21. The Morgan fingerprint density at radius 1 is 1.15 bits per heavy atom. The molecule has 0 radical (unpaired) electrons. The first-order chi connectivity index (χ1) is 12.4. The van der Waals surface area contributed by atoms with E-state index in [2.05, 4.69) is 22.5 Å². The summed E-state index contributed by atoms with van der Waals surface area (Å²) in [6.45, 7) is 3.84. The Morgan fingerprint density at radius 3 is 2.35 bits per heavy atom. The zero-order valence-electron chi connectivity index (χ0n) is 13.7. The predicted molar refractivity (Wildman–Crippen MR) is 105 cm³/mol. The van der Waals surface area contributed by atoms with Gasteiger partial charge >= 0.3 is 0 Å². The van der Waals surface area contributed by atoms with Gasteiger partial charge in [0, 0.05) is 21.6 Å². The minimum Gasteiger partial charge on any atom is -0.507 e. The van der Waals surface area contributed by atoms with Crippen LogP contribution in [-0.2, 0) is 9.59 Å². The van der Waals surface area contributed by atoms with Gasteiger partial charge in [-0.3, -0.25) is 9.59 Å². The highest BCUT2D eigenvalue weighted by molar-refractivity contribution is 9.10. The quantitative estimate of drug-likeness (QED) is 0.329. The fourth-order valence-corrected chi connectivity index (χ4v) is 3.35. The molecule has 132 valence electrons. The summed E-state index contributed by atoms with van der Waals surface area (Å²) in [6.07, 6.45) is 1.55. The topological polar surface area (TPSA) is 57.6 Å². The third kappa shape index (κ3) is 3.32. The van der Waals surface area contributed by atoms with Crippen molar-refractivity contribution in [3.63, 3.8) is 0 Å². The molecular formula is C20H15BrClNO3. The van der Waals surface area contributed by atoms with Gasteiger partial charge in [-0.2, -0.15) is 0 Å². The normalized spacial score (nSPS) is 19.0. The molecule has 0 saturated carbocycles. The Balaban J connectivity index is 2.18. The molecular weight excluding hydrogens is 418 g/mol. The monoisotopic (exact) mass is 431 g/mol. The molecule has 6 heteroatoms. The molecule has 26 heavy (non-hydrogen) atoms. The lowest BCUT2D eigenvalue weighted by Crippen LogP contribution is -2.29. The number of ketones is 1. The second-order valence-corrected chi connectivity index (χ2v) is 7.15. The number of nitrogens with zero attached hydrogens (tertiary/aromatic N) is 1. The smallest absolute Gasteiger partial charge is 0.295 e. The molecule has 1 heterocycles. The molecule has 0 spiro atoms. The standard InChI is InChI=1S/C20H15BrClNO3/c1-2-11-23-17(12-5-9-15(22)10-6-12)16(19(25)20(23)26)18(24)13-3-7-14(21)8-4-13/h2-10,17,24H,1,11H2/b18-16+/t17-/m0/s1. The zero-order valence-corrected chi connectivity index (χ0v) is 16.0. The zero-order chi connectivity index (χ0) is 18.8. The van der Waals surface area contributed by atoms with E-state index in [1.807, 2.05) is 0 Å². The molecule has 2 aromatic rings. The van der Waals surface area contributed by atoms with Crippen LogP contribution in [0, 0.1) is 0 Å². The number of likely N-dealkylation sites (tertiary alicyclic amines) is 1. The van der Waals surface area contributed by atoms with Gasteiger partial charge in [-0.05, 0) is 29.8 Å². The van der Waals surface area contributed by atoms with Crippen LogP contribution >= 0.6 is 27.5 Å². The van der Waals surface area contributed by atoms with E-state index in [4.69, 9.17) is 11.6 Å². The summed E-state index contributed by atoms with van der Waals surface area (Å²) >= 11 is 9.29. The van der Waals surface area contributed by atoms with E-state index in [-0.39, 0.29) is 17.9 Å². The van der Waals surface area contributed by atoms with Gasteiger partial charge in [-0.15, -0.1) is 6.58 Å². The van der Waals surface area contributed by atoms with Crippen LogP contribution in [0.4, 0.5) is 0 Å². The van der Waals surface area contributed by atoms with Crippen LogP contribution < -0.4 is 0 Å². The fraction of sp³-hybridized carbons (Fsp3) is 0.100. The van der Waals surface area contributed by atoms with Crippen LogP contribution in [0.1, 0.15) is 17.2 Å². The van der Waals surface area contributed by atoms with Gasteiger partial charge in [-0.25, -0.2) is 0 Å². The number of rotatable bonds is 4. The van der Waals surface area contributed by atoms with Gasteiger partial charge < -0.3 is 10.0 Å². The van der Waals surface area contributed by atoms with E-state index in [0.717, 1.165) is 4.47 Å². The van der Waals surface area contributed by atoms with Gasteiger partial charge in [-0.1, -0.05) is 57.9 Å². The maximum absolute atomic E-state index is 12.6. The number of carbonyl (C=O) groups excluding carboxylic acids is 2. The number of aliphatic hydroxyl groups excluding tert-OH is 1. The molecule has 1 aliphatic rings. The van der Waals surface area contributed by atoms with Crippen molar-refractivity contribution in [3.05, 3.63) is 87.4 Å². The number of carbonyl (C=O) groups is 2. The van der Waals surface area contributed by atoms with Gasteiger partial charge in [0.15, 0.2) is 0 Å². The number of hydrogen-bond acceptors (Lipinski definition) is 3. The molecule has 1 fully saturated rings. The molecule has 2 aromatic carbocycles. The number of amides is 1. The van der Waals surface area contributed by atoms with Gasteiger partial charge in [0.2, 0.25) is 0 Å². The van der Waals surface area contributed by atoms with Crippen molar-refractivity contribution in [1.29, 1.82) is 0 Å². The third-order valence-electron chi connectivity index (χ3n) is 4.17. The van der Waals surface area contributed by atoms with Crippen molar-refractivity contribution in [2.45, 2.75) is 6.04 Å². The Kier molecular flexibility index (Phi) is 5.30. The summed E-state index contributed by atoms with van der Waals surface area (Å²) in [5, 5.41) is 11.3. The summed E-state index contributed by atoms with van der Waals surface area (Å²) < 4.78 is 0.843. The van der Waals surface area contributed by atoms with Gasteiger partial charge in [0.25, 0.3) is 11.7 Å². The average molecular weight is 433 g/mol. The van der Waals surface area contributed by atoms with Crippen molar-refractivity contribution in [2.24, 2.45) is 0 Å². The molecule has 0 aromatic heterocycles. The molecule has 1 N–H and O–H groups in total. The summed E-state index contributed by atoms with van der Waals surface area (Å²) in [4.78, 5) is 26.5. The second kappa shape index (κ2) is 7.48. The summed E-state index contributed by atoms with van der Waals surface area (Å²) in [7, 11) is 0. The first-order valence-corrected chi connectivity index (χ1v) is 9.02. The van der Waals surface area contributed by atoms with Crippen molar-refractivity contribution >= 4 is 45.0 Å². The lowest BCUT2D eigenvalue weighted by Gasteiger charge is -2.24. The van der Waals surface area contributed by atoms with Crippen LogP contribution in [0.3, 0.4) is 0 Å². The summed E-state index contributed by atoms with van der Waals surface area (Å²) in [5.74, 6) is -1.59. The van der Waals surface area contributed by atoms with Crippen molar-refractivity contribution in [3.8, 4) is 0 Å². The van der Waals surface area contributed by atoms with E-state index in [1.165, 1.54) is 4.90 Å². The number of hydrogen-bond donors (Lipinski definition) is 1. The predicted octanol–water partition coefficient (Wildman–Crippen LogP) is 4.71. The first-order valence-electron chi connectivity index (χ1n) is 7.84.